The van der Waals surface area contributed by atoms with E-state index in [9.17, 15) is 0 Å². The van der Waals surface area contributed by atoms with Crippen molar-refractivity contribution in [3.05, 3.63) is 52.3 Å². The predicted molar refractivity (Wildman–Crippen MR) is 80.9 cm³/mol. The Morgan fingerprint density at radius 2 is 2.11 bits per heavy atom. The number of nitrogens with zero attached hydrogens (tertiary/aromatic N) is 1. The summed E-state index contributed by atoms with van der Waals surface area (Å²) < 4.78 is 0.760. The maximum Gasteiger partial charge on any atom is 0.104 e. The van der Waals surface area contributed by atoms with E-state index in [1.165, 1.54) is 10.9 Å². The molecule has 0 atom stereocenters. The summed E-state index contributed by atoms with van der Waals surface area (Å²) in [4.78, 5) is 8.12. The number of allylic oxidation sites excluding steroid dienone is 1. The second kappa shape index (κ2) is 4.00. The van der Waals surface area contributed by atoms with Gasteiger partial charge in [-0.1, -0.05) is 36.5 Å². The number of H-pyrrole nitrogens is 1. The first kappa shape index (κ1) is 10.9. The summed E-state index contributed by atoms with van der Waals surface area (Å²) in [7, 11) is 0. The van der Waals surface area contributed by atoms with Gasteiger partial charge in [-0.2, -0.15) is 0 Å². The van der Waals surface area contributed by atoms with Crippen LogP contribution in [-0.4, -0.2) is 9.97 Å². The Morgan fingerprint density at radius 3 is 3.05 bits per heavy atom. The summed E-state index contributed by atoms with van der Waals surface area (Å²) in [5.74, 6) is 0. The molecule has 92 valence electrons. The number of rotatable bonds is 0. The second-order valence-corrected chi connectivity index (χ2v) is 5.30. The fraction of sp³-hybridized carbons (Fsp3) is 0.125. The van der Waals surface area contributed by atoms with Crippen LogP contribution in [0.2, 0.25) is 0 Å². The first-order chi connectivity index (χ1) is 9.33. The molecule has 0 saturated carbocycles. The zero-order valence-electron chi connectivity index (χ0n) is 10.3. The fourth-order valence-corrected chi connectivity index (χ4v) is 3.04. The number of aromatic amines is 1. The quantitative estimate of drug-likeness (QED) is 0.611. The van der Waals surface area contributed by atoms with Gasteiger partial charge in [0.2, 0.25) is 0 Å². The molecule has 1 aromatic rings. The number of benzene rings is 1. The van der Waals surface area contributed by atoms with E-state index in [4.69, 9.17) is 17.2 Å². The molecule has 0 amide bonds. The molecule has 0 fully saturated rings. The molecule has 0 radical (unpaired) electrons. The normalized spacial score (nSPS) is 13.9. The summed E-state index contributed by atoms with van der Waals surface area (Å²) in [6, 6.07) is 10.3. The molecule has 0 saturated heterocycles. The molecule has 3 aliphatic rings. The topological polar surface area (TPSA) is 28.7 Å². The van der Waals surface area contributed by atoms with Gasteiger partial charge in [0.25, 0.3) is 0 Å². The monoisotopic (exact) mass is 264 g/mol. The van der Waals surface area contributed by atoms with E-state index in [2.05, 4.69) is 35.3 Å². The third kappa shape index (κ3) is 1.62. The van der Waals surface area contributed by atoms with Crippen molar-refractivity contribution in [1.82, 2.24) is 9.97 Å². The molecular formula is C16H12N2S. The lowest BCUT2D eigenvalue weighted by Crippen LogP contribution is -1.96. The smallest absolute Gasteiger partial charge is 0.104 e. The molecular weight excluding hydrogens is 252 g/mol. The maximum atomic E-state index is 5.40. The van der Waals surface area contributed by atoms with Gasteiger partial charge in [-0.3, -0.25) is 0 Å². The number of aromatic nitrogens is 2. The summed E-state index contributed by atoms with van der Waals surface area (Å²) in [6.45, 7) is 0. The molecule has 1 N–H and O–H groups in total. The Bertz CT molecular complexity index is 845. The highest BCUT2D eigenvalue weighted by atomic mass is 32.1. The van der Waals surface area contributed by atoms with Gasteiger partial charge >= 0.3 is 0 Å². The molecule has 0 aromatic heterocycles. The zero-order valence-corrected chi connectivity index (χ0v) is 11.1. The molecule has 19 heavy (non-hydrogen) atoms. The first-order valence-electron chi connectivity index (χ1n) is 6.44. The zero-order chi connectivity index (χ0) is 12.8. The minimum atomic E-state index is 0.760. The van der Waals surface area contributed by atoms with Crippen molar-refractivity contribution < 1.29 is 0 Å². The first-order valence-corrected chi connectivity index (χ1v) is 6.85. The lowest BCUT2D eigenvalue weighted by molar-refractivity contribution is 0.969. The molecule has 1 aliphatic carbocycles. The number of fused-ring (bicyclic) bond motifs is 5. The average molecular weight is 264 g/mol. The standard InChI is InChI=1S/C16H12N2S/c19-15-9-12-10-5-1-3-7-13(10)18-16(12)11-6-2-4-8-14(11)17-15/h1,3-5,7-9H,2,6H2,(H,17,19). The van der Waals surface area contributed by atoms with Crippen LogP contribution in [0, 0.1) is 4.64 Å². The van der Waals surface area contributed by atoms with Crippen LogP contribution >= 0.6 is 12.2 Å². The summed E-state index contributed by atoms with van der Waals surface area (Å²) in [6.07, 6.45) is 6.39. The van der Waals surface area contributed by atoms with Gasteiger partial charge in [-0.15, -0.1) is 0 Å². The van der Waals surface area contributed by atoms with Crippen molar-refractivity contribution >= 4 is 29.2 Å². The van der Waals surface area contributed by atoms with Gasteiger partial charge in [0, 0.05) is 22.2 Å². The number of hydrogen-bond donors (Lipinski definition) is 1. The number of para-hydroxylation sites is 1. The lowest BCUT2D eigenvalue weighted by atomic mass is 9.98. The second-order valence-electron chi connectivity index (χ2n) is 4.86. The molecule has 2 aliphatic heterocycles. The Balaban J connectivity index is 2.22. The van der Waals surface area contributed by atoms with Crippen LogP contribution in [-0.2, 0) is 6.42 Å². The SMILES string of the molecule is S=c1cc2c3ccccc3nc-2c2c([nH]1)C=CCC2. The highest BCUT2D eigenvalue weighted by Gasteiger charge is 2.18. The van der Waals surface area contributed by atoms with Crippen LogP contribution in [0.4, 0.5) is 0 Å². The molecule has 2 nitrogen and oxygen atoms in total. The van der Waals surface area contributed by atoms with E-state index < -0.39 is 0 Å². The van der Waals surface area contributed by atoms with E-state index >= 15 is 0 Å². The minimum absolute atomic E-state index is 0.760. The summed E-state index contributed by atoms with van der Waals surface area (Å²) >= 11 is 5.40. The highest BCUT2D eigenvalue weighted by Crippen LogP contribution is 2.35. The third-order valence-electron chi connectivity index (χ3n) is 3.67. The number of hydrogen-bond acceptors (Lipinski definition) is 2. The Hall–Kier alpha value is -2.00. The van der Waals surface area contributed by atoms with Crippen molar-refractivity contribution in [3.63, 3.8) is 0 Å². The summed E-state index contributed by atoms with van der Waals surface area (Å²) in [5, 5.41) is 1.19. The predicted octanol–water partition coefficient (Wildman–Crippen LogP) is 4.36. The van der Waals surface area contributed by atoms with Gasteiger partial charge in [0.1, 0.15) is 4.64 Å². The van der Waals surface area contributed by atoms with E-state index in [0.29, 0.717) is 0 Å². The van der Waals surface area contributed by atoms with Gasteiger partial charge in [0.05, 0.1) is 11.2 Å². The van der Waals surface area contributed by atoms with Crippen LogP contribution in [0.25, 0.3) is 28.2 Å². The summed E-state index contributed by atoms with van der Waals surface area (Å²) in [5.41, 5.74) is 5.69. The molecule has 4 rings (SSSR count). The van der Waals surface area contributed by atoms with E-state index in [1.54, 1.807) is 0 Å². The maximum absolute atomic E-state index is 5.40. The lowest BCUT2D eigenvalue weighted by Gasteiger charge is -2.08. The number of nitrogens with one attached hydrogen (secondary N) is 1. The van der Waals surface area contributed by atoms with Gasteiger partial charge in [-0.05, 0) is 31.1 Å². The van der Waals surface area contributed by atoms with Crippen LogP contribution in [0.15, 0.2) is 36.4 Å². The molecule has 3 heteroatoms. The van der Waals surface area contributed by atoms with Gasteiger partial charge < -0.3 is 4.98 Å². The Kier molecular flexibility index (Phi) is 2.29. The van der Waals surface area contributed by atoms with E-state index in [-0.39, 0.29) is 0 Å². The molecule has 1 aromatic carbocycles. The highest BCUT2D eigenvalue weighted by molar-refractivity contribution is 7.71. The van der Waals surface area contributed by atoms with Crippen molar-refractivity contribution in [1.29, 1.82) is 0 Å². The van der Waals surface area contributed by atoms with Crippen LogP contribution in [0.1, 0.15) is 17.7 Å². The average Bonchev–Trinajstić information content (AvgIpc) is 2.71. The van der Waals surface area contributed by atoms with Crippen molar-refractivity contribution in [2.24, 2.45) is 0 Å². The Labute approximate surface area is 116 Å². The molecule has 0 spiro atoms. The van der Waals surface area contributed by atoms with Crippen molar-refractivity contribution in [3.8, 4) is 11.3 Å². The van der Waals surface area contributed by atoms with E-state index in [1.807, 2.05) is 12.1 Å². The van der Waals surface area contributed by atoms with Crippen molar-refractivity contribution in [2.75, 3.05) is 0 Å². The van der Waals surface area contributed by atoms with Crippen LogP contribution < -0.4 is 0 Å². The molecule has 2 heterocycles. The molecule has 0 unspecified atom stereocenters. The largest absolute Gasteiger partial charge is 0.346 e. The van der Waals surface area contributed by atoms with E-state index in [0.717, 1.165) is 40.0 Å². The Morgan fingerprint density at radius 1 is 1.21 bits per heavy atom. The van der Waals surface area contributed by atoms with Crippen molar-refractivity contribution in [2.45, 2.75) is 12.8 Å². The van der Waals surface area contributed by atoms with Gasteiger partial charge in [0.15, 0.2) is 0 Å². The minimum Gasteiger partial charge on any atom is -0.346 e. The third-order valence-corrected chi connectivity index (χ3v) is 3.89. The fourth-order valence-electron chi connectivity index (χ4n) is 2.81. The van der Waals surface area contributed by atoms with Crippen LogP contribution in [0.3, 0.4) is 0 Å². The van der Waals surface area contributed by atoms with Gasteiger partial charge in [-0.25, -0.2) is 4.98 Å². The molecule has 0 bridgehead atoms. The van der Waals surface area contributed by atoms with Crippen LogP contribution in [0.5, 0.6) is 0 Å².